The van der Waals surface area contributed by atoms with Crippen LogP contribution >= 0.6 is 7.82 Å². The van der Waals surface area contributed by atoms with E-state index in [0.29, 0.717) is 17.4 Å². The van der Waals surface area contributed by atoms with E-state index in [-0.39, 0.29) is 31.5 Å². The van der Waals surface area contributed by atoms with Crippen molar-refractivity contribution < 1.29 is 37.3 Å². The van der Waals surface area contributed by atoms with Crippen molar-refractivity contribution in [2.24, 2.45) is 0 Å². The Morgan fingerprint density at radius 1 is 0.385 bits per heavy atom. The largest absolute Gasteiger partial charge is 0.756 e. The molecule has 10 heteroatoms. The zero-order chi connectivity index (χ0) is 66.3. The van der Waals surface area contributed by atoms with E-state index in [1.54, 1.807) is 0 Å². The quantitative estimate of drug-likeness (QED) is 0.0212. The van der Waals surface area contributed by atoms with Gasteiger partial charge in [-0.25, -0.2) is 0 Å². The highest BCUT2D eigenvalue weighted by Gasteiger charge is 2.27. The third-order valence-corrected chi connectivity index (χ3v) is 19.2. The summed E-state index contributed by atoms with van der Waals surface area (Å²) in [6.45, 7) is 6.88. The van der Waals surface area contributed by atoms with E-state index in [9.17, 15) is 19.0 Å². The van der Waals surface area contributed by atoms with E-state index < -0.39 is 20.0 Å². The maximum atomic E-state index is 13.6. The van der Waals surface area contributed by atoms with Crippen molar-refractivity contribution in [3.63, 3.8) is 0 Å². The number of amides is 1. The Hall–Kier alpha value is -2.03. The number of phosphoric ester groups is 1. The monoisotopic (exact) mass is 1300 g/mol. The molecular formula is C81H155N2O7P. The van der Waals surface area contributed by atoms with Gasteiger partial charge in [-0.15, -0.1) is 0 Å². The highest BCUT2D eigenvalue weighted by atomic mass is 31.2. The molecular weight excluding hydrogens is 1140 g/mol. The maximum Gasteiger partial charge on any atom is 0.306 e. The Bertz CT molecular complexity index is 1690. The van der Waals surface area contributed by atoms with Crippen LogP contribution in [0.3, 0.4) is 0 Å². The number of rotatable bonds is 74. The zero-order valence-corrected chi connectivity index (χ0v) is 62.5. The van der Waals surface area contributed by atoms with Crippen LogP contribution < -0.4 is 10.2 Å². The third kappa shape index (κ3) is 72.1. The summed E-state index contributed by atoms with van der Waals surface area (Å²) in [5.74, 6) is -0.519. The first-order chi connectivity index (χ1) is 44.4. The minimum absolute atomic E-state index is 0.0196. The third-order valence-electron chi connectivity index (χ3n) is 18.2. The lowest BCUT2D eigenvalue weighted by molar-refractivity contribution is -0.870. The van der Waals surface area contributed by atoms with Crippen LogP contribution in [0.25, 0.3) is 0 Å². The second-order valence-corrected chi connectivity index (χ2v) is 30.0. The molecule has 0 heterocycles. The van der Waals surface area contributed by atoms with Gasteiger partial charge in [-0.05, 0) is 89.5 Å². The summed E-state index contributed by atoms with van der Waals surface area (Å²) >= 11 is 0. The summed E-state index contributed by atoms with van der Waals surface area (Å²) in [7, 11) is 1.20. The number of carbonyl (C=O) groups excluding carboxylic acids is 2. The van der Waals surface area contributed by atoms with Crippen molar-refractivity contribution in [2.45, 2.75) is 418 Å². The number of allylic oxidation sites excluding steroid dienone is 7. The summed E-state index contributed by atoms with van der Waals surface area (Å²) in [6.07, 6.45) is 91.2. The van der Waals surface area contributed by atoms with Gasteiger partial charge in [-0.1, -0.05) is 352 Å². The lowest BCUT2D eigenvalue weighted by atomic mass is 10.0. The number of nitrogens with zero attached hydrogens (tertiary/aromatic N) is 1. The fraction of sp³-hybridized carbons (Fsp3) is 0.877. The first-order valence-electron chi connectivity index (χ1n) is 39.9. The second kappa shape index (κ2) is 70.8. The molecule has 1 amide bonds. The van der Waals surface area contributed by atoms with Crippen molar-refractivity contribution in [1.29, 1.82) is 0 Å². The molecule has 91 heavy (non-hydrogen) atoms. The van der Waals surface area contributed by atoms with Crippen molar-refractivity contribution in [1.82, 2.24) is 5.32 Å². The minimum Gasteiger partial charge on any atom is -0.756 e. The lowest BCUT2D eigenvalue weighted by Crippen LogP contribution is -2.47. The molecule has 3 atom stereocenters. The van der Waals surface area contributed by atoms with Gasteiger partial charge >= 0.3 is 5.97 Å². The Kier molecular flexibility index (Phi) is 69.2. The Morgan fingerprint density at radius 3 is 1.02 bits per heavy atom. The molecule has 0 rings (SSSR count). The number of ether oxygens (including phenoxy) is 1. The number of hydrogen-bond acceptors (Lipinski definition) is 7. The van der Waals surface area contributed by atoms with Crippen molar-refractivity contribution in [3.8, 4) is 0 Å². The van der Waals surface area contributed by atoms with Gasteiger partial charge in [-0.2, -0.15) is 0 Å². The number of esters is 1. The smallest absolute Gasteiger partial charge is 0.306 e. The van der Waals surface area contributed by atoms with E-state index in [1.165, 1.54) is 308 Å². The van der Waals surface area contributed by atoms with E-state index in [4.69, 9.17) is 13.8 Å². The zero-order valence-electron chi connectivity index (χ0n) is 61.6. The number of quaternary nitrogens is 1. The highest BCUT2D eigenvalue weighted by Crippen LogP contribution is 2.38. The van der Waals surface area contributed by atoms with Crippen LogP contribution in [0.4, 0.5) is 0 Å². The molecule has 536 valence electrons. The first kappa shape index (κ1) is 89.0. The molecule has 0 radical (unpaired) electrons. The van der Waals surface area contributed by atoms with Crippen LogP contribution in [-0.4, -0.2) is 69.4 Å². The molecule has 0 saturated carbocycles. The van der Waals surface area contributed by atoms with Gasteiger partial charge in [0, 0.05) is 12.8 Å². The predicted octanol–water partition coefficient (Wildman–Crippen LogP) is 25.3. The van der Waals surface area contributed by atoms with Gasteiger partial charge < -0.3 is 28.5 Å². The molecule has 3 unspecified atom stereocenters. The highest BCUT2D eigenvalue weighted by molar-refractivity contribution is 7.45. The van der Waals surface area contributed by atoms with Gasteiger partial charge in [0.15, 0.2) is 0 Å². The Morgan fingerprint density at radius 2 is 0.670 bits per heavy atom. The normalized spacial score (nSPS) is 13.6. The minimum atomic E-state index is -4.70. The number of phosphoric acid groups is 1. The van der Waals surface area contributed by atoms with Crippen LogP contribution in [0.2, 0.25) is 0 Å². The SMILES string of the molecule is CCCCC/C=C\C/C=C\CCCCCCCCCCCCCCCCCCCC(=O)OC(/C=C/CCCCCCCCCCC)C(COP(=O)([O-])OCC[N+](C)(C)C)NC(=O)CCCCCCCCCCCCCCCCCCC/C=C/CCCCCCCC. The molecule has 0 aromatic rings. The van der Waals surface area contributed by atoms with Crippen LogP contribution in [0.1, 0.15) is 406 Å². The average Bonchev–Trinajstić information content (AvgIpc) is 3.03. The average molecular weight is 1300 g/mol. The first-order valence-corrected chi connectivity index (χ1v) is 41.4. The number of likely N-dealkylation sites (N-methyl/N-ethyl adjacent to an activating group) is 1. The fourth-order valence-electron chi connectivity index (χ4n) is 12.1. The van der Waals surface area contributed by atoms with Gasteiger partial charge in [0.25, 0.3) is 7.82 Å². The molecule has 9 nitrogen and oxygen atoms in total. The molecule has 0 fully saturated rings. The fourth-order valence-corrected chi connectivity index (χ4v) is 12.8. The van der Waals surface area contributed by atoms with E-state index >= 15 is 0 Å². The molecule has 0 aliphatic carbocycles. The van der Waals surface area contributed by atoms with Crippen molar-refractivity contribution in [2.75, 3.05) is 40.9 Å². The topological polar surface area (TPSA) is 114 Å². The van der Waals surface area contributed by atoms with E-state index in [1.807, 2.05) is 33.3 Å². The lowest BCUT2D eigenvalue weighted by Gasteiger charge is -2.30. The van der Waals surface area contributed by atoms with Crippen LogP contribution in [0.5, 0.6) is 0 Å². The number of hydrogen-bond donors (Lipinski definition) is 1. The molecule has 1 N–H and O–H groups in total. The van der Waals surface area contributed by atoms with Crippen LogP contribution in [0.15, 0.2) is 48.6 Å². The summed E-state index contributed by atoms with van der Waals surface area (Å²) in [4.78, 5) is 40.3. The van der Waals surface area contributed by atoms with E-state index in [0.717, 1.165) is 64.2 Å². The number of unbranched alkanes of at least 4 members (excludes halogenated alkanes) is 52. The van der Waals surface area contributed by atoms with Crippen molar-refractivity contribution >= 4 is 19.7 Å². The van der Waals surface area contributed by atoms with Crippen LogP contribution in [0, 0.1) is 0 Å². The molecule has 0 aromatic carbocycles. The molecule has 0 aliphatic heterocycles. The summed E-state index contributed by atoms with van der Waals surface area (Å²) in [5, 5.41) is 3.06. The molecule has 0 bridgehead atoms. The van der Waals surface area contributed by atoms with Crippen LogP contribution in [-0.2, 0) is 27.9 Å². The molecule has 0 aromatic heterocycles. The Balaban J connectivity index is 4.83. The summed E-state index contributed by atoms with van der Waals surface area (Å²) in [6, 6.07) is -0.886. The number of nitrogens with one attached hydrogen (secondary N) is 1. The van der Waals surface area contributed by atoms with E-state index in [2.05, 4.69) is 62.5 Å². The second-order valence-electron chi connectivity index (χ2n) is 28.6. The molecule has 0 spiro atoms. The van der Waals surface area contributed by atoms with Gasteiger partial charge in [0.2, 0.25) is 5.91 Å². The van der Waals surface area contributed by atoms with Gasteiger partial charge in [0.05, 0.1) is 33.8 Å². The van der Waals surface area contributed by atoms with Gasteiger partial charge in [-0.3, -0.25) is 14.2 Å². The van der Waals surface area contributed by atoms with Gasteiger partial charge in [0.1, 0.15) is 19.3 Å². The summed E-state index contributed by atoms with van der Waals surface area (Å²) < 4.78 is 30.5. The Labute approximate surface area is 567 Å². The van der Waals surface area contributed by atoms with Crippen molar-refractivity contribution in [3.05, 3.63) is 48.6 Å². The number of carbonyl (C=O) groups is 2. The molecule has 0 aliphatic rings. The predicted molar refractivity (Wildman–Crippen MR) is 395 cm³/mol. The molecule has 0 saturated heterocycles. The maximum absolute atomic E-state index is 13.6. The summed E-state index contributed by atoms with van der Waals surface area (Å²) in [5.41, 5.74) is 0. The standard InChI is InChI=1S/C81H155N2O7P/c1-7-10-13-16-19-22-25-27-29-31-33-35-37-39-41-43-45-47-49-51-53-55-58-61-64-67-70-73-80(84)82-78(77-89-91(86,87)88-76-75-83(4,5)6)79(72-69-66-63-60-57-24-21-18-15-12-9-3)90-81(85)74-71-68-65-62-59-56-54-52-50-48-46-44-42-40-38-36-34-32-30-28-26-23-20-17-14-11-8-2/h20,23,27-30,69,72,78-79H,7-19,21-22,24-26,31-68,70-71,73-77H2,1-6H3,(H-,82,84,86,87)/b23-20-,29-27+,30-28-,72-69+.